The molecule has 1 aromatic heterocycles. The maximum Gasteiger partial charge on any atom is 0.315 e. The lowest BCUT2D eigenvalue weighted by Crippen LogP contribution is -2.34. The van der Waals surface area contributed by atoms with Gasteiger partial charge in [-0.05, 0) is 30.5 Å². The summed E-state index contributed by atoms with van der Waals surface area (Å²) in [5, 5.41) is 1.81. The van der Waals surface area contributed by atoms with Gasteiger partial charge in [0.2, 0.25) is 0 Å². The number of halogens is 4. The van der Waals surface area contributed by atoms with E-state index >= 15 is 0 Å². The monoisotopic (exact) mass is 381 g/mol. The number of benzene rings is 1. The van der Waals surface area contributed by atoms with Crippen LogP contribution in [0.5, 0.6) is 0 Å². The molecule has 1 saturated carbocycles. The summed E-state index contributed by atoms with van der Waals surface area (Å²) in [7, 11) is 0. The average Bonchev–Trinajstić information content (AvgIpc) is 3.40. The van der Waals surface area contributed by atoms with Gasteiger partial charge in [0.1, 0.15) is 17.5 Å². The Labute approximate surface area is 151 Å². The normalized spacial score (nSPS) is 14.9. The first-order valence-corrected chi connectivity index (χ1v) is 8.16. The van der Waals surface area contributed by atoms with Gasteiger partial charge in [0.05, 0.1) is 12.1 Å². The van der Waals surface area contributed by atoms with Crippen LogP contribution < -0.4 is 5.32 Å². The summed E-state index contributed by atoms with van der Waals surface area (Å²) in [6.45, 7) is -0.585. The molecule has 1 aliphatic carbocycles. The molecule has 1 N–H and O–H groups in total. The Morgan fingerprint density at radius 3 is 2.19 bits per heavy atom. The predicted octanol–water partition coefficient (Wildman–Crippen LogP) is 2.59. The molecule has 9 heteroatoms. The number of aromatic nitrogens is 2. The van der Waals surface area contributed by atoms with Crippen LogP contribution in [-0.4, -0.2) is 34.6 Å². The highest BCUT2D eigenvalue weighted by Crippen LogP contribution is 2.50. The van der Waals surface area contributed by atoms with Gasteiger partial charge in [0.25, 0.3) is 5.91 Å². The second-order valence-corrected chi connectivity index (χ2v) is 6.44. The number of carbonyl (C=O) groups is 2. The van der Waals surface area contributed by atoms with Gasteiger partial charge in [-0.25, -0.2) is 18.7 Å². The fraction of sp³-hybridized carbons (Fsp3) is 0.333. The largest absolute Gasteiger partial charge is 0.344 e. The molecule has 0 atom stereocenters. The van der Waals surface area contributed by atoms with E-state index in [0.717, 1.165) is 18.9 Å². The van der Waals surface area contributed by atoms with E-state index in [1.54, 1.807) is 0 Å². The second kappa shape index (κ2) is 7.42. The summed E-state index contributed by atoms with van der Waals surface area (Å²) in [4.78, 5) is 30.8. The molecule has 0 bridgehead atoms. The Morgan fingerprint density at radius 1 is 1.07 bits per heavy atom. The van der Waals surface area contributed by atoms with Gasteiger partial charge in [0.15, 0.2) is 5.78 Å². The zero-order valence-electron chi connectivity index (χ0n) is 14.0. The van der Waals surface area contributed by atoms with Crippen molar-refractivity contribution < 1.29 is 27.2 Å². The molecule has 2 aromatic rings. The molecule has 3 rings (SSSR count). The number of nitrogens with one attached hydrogen (secondary N) is 1. The van der Waals surface area contributed by atoms with E-state index < -0.39 is 41.7 Å². The maximum absolute atomic E-state index is 13.5. The highest BCUT2D eigenvalue weighted by Gasteiger charge is 2.45. The molecule has 0 unspecified atom stereocenters. The summed E-state index contributed by atoms with van der Waals surface area (Å²) < 4.78 is 51.1. The van der Waals surface area contributed by atoms with E-state index in [9.17, 15) is 27.2 Å². The van der Waals surface area contributed by atoms with E-state index in [1.807, 2.05) is 5.32 Å². The molecule has 27 heavy (non-hydrogen) atoms. The molecular weight excluding hydrogens is 366 g/mol. The molecule has 0 aliphatic heterocycles. The minimum absolute atomic E-state index is 0.0648. The number of carbonyl (C=O) groups excluding carboxylic acids is 2. The third kappa shape index (κ3) is 4.47. The van der Waals surface area contributed by atoms with Gasteiger partial charge in [-0.3, -0.25) is 9.59 Å². The molecule has 5 nitrogen and oxygen atoms in total. The van der Waals surface area contributed by atoms with Crippen LogP contribution in [0.25, 0.3) is 0 Å². The number of hydrogen-bond donors (Lipinski definition) is 1. The van der Waals surface area contributed by atoms with Gasteiger partial charge < -0.3 is 5.32 Å². The van der Waals surface area contributed by atoms with E-state index in [0.29, 0.717) is 17.8 Å². The fourth-order valence-corrected chi connectivity index (χ4v) is 2.82. The molecule has 142 valence electrons. The quantitative estimate of drug-likeness (QED) is 0.591. The van der Waals surface area contributed by atoms with Crippen molar-refractivity contribution in [3.63, 3.8) is 0 Å². The lowest BCUT2D eigenvalue weighted by Gasteiger charge is -2.15. The van der Waals surface area contributed by atoms with Gasteiger partial charge in [-0.1, -0.05) is 0 Å². The number of hydrogen-bond acceptors (Lipinski definition) is 4. The maximum atomic E-state index is 13.5. The third-order valence-electron chi connectivity index (χ3n) is 4.47. The zero-order valence-corrected chi connectivity index (χ0v) is 14.0. The summed E-state index contributed by atoms with van der Waals surface area (Å²) >= 11 is 0. The van der Waals surface area contributed by atoms with Gasteiger partial charge >= 0.3 is 6.43 Å². The van der Waals surface area contributed by atoms with E-state index in [1.165, 1.54) is 24.5 Å². The van der Waals surface area contributed by atoms with Crippen LogP contribution in [0.2, 0.25) is 0 Å². The Kier molecular flexibility index (Phi) is 5.20. The first kappa shape index (κ1) is 18.9. The topological polar surface area (TPSA) is 72.0 Å². The third-order valence-corrected chi connectivity index (χ3v) is 4.47. The van der Waals surface area contributed by atoms with Crippen molar-refractivity contribution >= 4 is 11.7 Å². The molecule has 1 fully saturated rings. The smallest absolute Gasteiger partial charge is 0.315 e. The van der Waals surface area contributed by atoms with Crippen LogP contribution in [0.4, 0.5) is 17.6 Å². The number of Topliss-reactive ketones (excluding diaryl/α,β-unsaturated/α-hetero) is 1. The molecule has 1 amide bonds. The molecule has 0 saturated heterocycles. The first-order valence-electron chi connectivity index (χ1n) is 8.16. The Morgan fingerprint density at radius 2 is 1.67 bits per heavy atom. The minimum Gasteiger partial charge on any atom is -0.344 e. The van der Waals surface area contributed by atoms with Crippen LogP contribution in [0.1, 0.15) is 34.6 Å². The second-order valence-electron chi connectivity index (χ2n) is 6.44. The number of alkyl halides is 2. The first-order chi connectivity index (χ1) is 12.8. The molecular formula is C18H15F4N3O2. The standard InChI is InChI=1S/C18H15F4N3O2/c19-12-3-11(4-13(20)5-12)18(1-2-18)6-15-23-7-10(8-24-15)14(26)9-25-17(27)16(21)22/h3-5,7-8,16H,1-2,6,9H2,(H,25,27). The summed E-state index contributed by atoms with van der Waals surface area (Å²) in [5.41, 5.74) is 0.174. The van der Waals surface area contributed by atoms with Crippen molar-refractivity contribution in [1.29, 1.82) is 0 Å². The molecule has 1 aliphatic rings. The highest BCUT2D eigenvalue weighted by atomic mass is 19.3. The van der Waals surface area contributed by atoms with Crippen LogP contribution >= 0.6 is 0 Å². The Hall–Kier alpha value is -2.84. The predicted molar refractivity (Wildman–Crippen MR) is 86.4 cm³/mol. The lowest BCUT2D eigenvalue weighted by molar-refractivity contribution is -0.131. The number of amides is 1. The SMILES string of the molecule is O=C(CNC(=O)C(F)F)c1cnc(CC2(c3cc(F)cc(F)c3)CC2)nc1. The lowest BCUT2D eigenvalue weighted by atomic mass is 9.92. The van der Waals surface area contributed by atoms with Crippen molar-refractivity contribution in [2.75, 3.05) is 6.54 Å². The fourth-order valence-electron chi connectivity index (χ4n) is 2.82. The van der Waals surface area contributed by atoms with E-state index in [2.05, 4.69) is 9.97 Å². The van der Waals surface area contributed by atoms with E-state index in [4.69, 9.17) is 0 Å². The summed E-state index contributed by atoms with van der Waals surface area (Å²) in [5.74, 6) is -3.04. The van der Waals surface area contributed by atoms with Gasteiger partial charge in [0, 0.05) is 30.3 Å². The van der Waals surface area contributed by atoms with Crippen LogP contribution in [0.3, 0.4) is 0 Å². The molecule has 1 aromatic carbocycles. The van der Waals surface area contributed by atoms with E-state index in [-0.39, 0.29) is 5.56 Å². The Balaban J connectivity index is 1.65. The van der Waals surface area contributed by atoms with Crippen LogP contribution in [-0.2, 0) is 16.6 Å². The van der Waals surface area contributed by atoms with Crippen molar-refractivity contribution in [2.24, 2.45) is 0 Å². The van der Waals surface area contributed by atoms with Crippen molar-refractivity contribution in [1.82, 2.24) is 15.3 Å². The number of ketones is 1. The number of rotatable bonds is 7. The van der Waals surface area contributed by atoms with Gasteiger partial charge in [-0.15, -0.1) is 0 Å². The average molecular weight is 381 g/mol. The minimum atomic E-state index is -3.20. The van der Waals surface area contributed by atoms with Crippen molar-refractivity contribution in [2.45, 2.75) is 31.1 Å². The summed E-state index contributed by atoms with van der Waals surface area (Å²) in [6, 6.07) is 3.39. The Bertz CT molecular complexity index is 847. The number of nitrogens with zero attached hydrogens (tertiary/aromatic N) is 2. The zero-order chi connectivity index (χ0) is 19.6. The summed E-state index contributed by atoms with van der Waals surface area (Å²) in [6.07, 6.45) is 1.10. The molecule has 1 heterocycles. The van der Waals surface area contributed by atoms with Gasteiger partial charge in [-0.2, -0.15) is 8.78 Å². The highest BCUT2D eigenvalue weighted by molar-refractivity contribution is 5.99. The van der Waals surface area contributed by atoms with Crippen molar-refractivity contribution in [3.8, 4) is 0 Å². The van der Waals surface area contributed by atoms with Crippen molar-refractivity contribution in [3.05, 3.63) is 59.2 Å². The molecule has 0 spiro atoms. The van der Waals surface area contributed by atoms with Crippen LogP contribution in [0.15, 0.2) is 30.6 Å². The van der Waals surface area contributed by atoms with Crippen LogP contribution in [0, 0.1) is 11.6 Å². The molecule has 0 radical (unpaired) electrons.